The molecule has 0 saturated heterocycles. The molecule has 0 spiro atoms. The Morgan fingerprint density at radius 2 is 1.32 bits per heavy atom. The summed E-state index contributed by atoms with van der Waals surface area (Å²) < 4.78 is 5.02. The monoisotopic (exact) mass is 880 g/mol. The molecule has 11 nitrogen and oxygen atoms in total. The first-order valence-electron chi connectivity index (χ1n) is 21.0. The molecule has 4 atom stereocenters. The van der Waals surface area contributed by atoms with E-state index in [1.807, 2.05) is 99.0 Å². The first-order chi connectivity index (χ1) is 29.5. The lowest BCUT2D eigenvalue weighted by Crippen LogP contribution is -2.62. The molecule has 0 saturated carbocycles. The van der Waals surface area contributed by atoms with Crippen molar-refractivity contribution in [3.63, 3.8) is 0 Å². The summed E-state index contributed by atoms with van der Waals surface area (Å²) >= 11 is 3.09. The third-order valence-corrected chi connectivity index (χ3v) is 13.2. The lowest BCUT2D eigenvalue weighted by molar-refractivity contribution is -0.153. The van der Waals surface area contributed by atoms with E-state index in [4.69, 9.17) is 4.74 Å². The van der Waals surface area contributed by atoms with Crippen molar-refractivity contribution in [2.75, 3.05) is 24.3 Å². The number of thioether (sulfide) groups is 2. The minimum Gasteiger partial charge on any atom is -0.480 e. The maximum absolute atomic E-state index is 15.2. The van der Waals surface area contributed by atoms with Crippen LogP contribution in [-0.2, 0) is 41.6 Å². The number of hydrogen-bond donors (Lipinski definition) is 3. The number of carboxylic acids is 1. The van der Waals surface area contributed by atoms with Gasteiger partial charge in [0.15, 0.2) is 0 Å². The number of hydrogen-bond acceptors (Lipinski definition) is 8. The highest BCUT2D eigenvalue weighted by atomic mass is 32.2. The maximum Gasteiger partial charge on any atom is 0.407 e. The first-order valence-corrected chi connectivity index (χ1v) is 23.4. The van der Waals surface area contributed by atoms with Crippen LogP contribution in [0.15, 0.2) is 115 Å². The molecule has 0 aliphatic carbocycles. The fourth-order valence-electron chi connectivity index (χ4n) is 7.98. The molecule has 4 aromatic rings. The van der Waals surface area contributed by atoms with Crippen LogP contribution in [0.5, 0.6) is 0 Å². The van der Waals surface area contributed by atoms with Gasteiger partial charge in [-0.05, 0) is 72.9 Å². The van der Waals surface area contributed by atoms with Gasteiger partial charge >= 0.3 is 12.1 Å². The highest BCUT2D eigenvalue weighted by Gasteiger charge is 2.44. The first kappa shape index (κ1) is 47.8. The highest BCUT2D eigenvalue weighted by Crippen LogP contribution is 2.48. The lowest BCUT2D eigenvalue weighted by atomic mass is 9.84. The Hall–Kier alpha value is -5.27. The average molecular weight is 881 g/mol. The Morgan fingerprint density at radius 1 is 0.806 bits per heavy atom. The molecule has 4 amide bonds. The zero-order valence-corrected chi connectivity index (χ0v) is 38.3. The van der Waals surface area contributed by atoms with Crippen molar-refractivity contribution >= 4 is 53.3 Å². The zero-order valence-electron chi connectivity index (χ0n) is 36.7. The molecule has 0 radical (unpaired) electrons. The Balaban J connectivity index is 1.55. The van der Waals surface area contributed by atoms with Crippen molar-refractivity contribution in [2.24, 2.45) is 5.92 Å². The largest absolute Gasteiger partial charge is 0.480 e. The van der Waals surface area contributed by atoms with Crippen LogP contribution in [0.2, 0.25) is 0 Å². The Labute approximate surface area is 374 Å². The summed E-state index contributed by atoms with van der Waals surface area (Å²) in [5.74, 6) is -2.17. The Kier molecular flexibility index (Phi) is 16.7. The number of nitrogens with zero attached hydrogens (tertiary/aromatic N) is 2. The Bertz CT molecular complexity index is 2040. The molecular formula is C49H60N4O7S2. The molecule has 62 heavy (non-hydrogen) atoms. The standard InChI is InChI=1S/C49H60N4O7S2/c1-33(2)43(45(56)53-30-36-20-18-17-19-35(36)29-42(53)44(55)51-41(46(57)58)27-28-61-7)52(34(3)54)31-40(50-47(59)60-48(4,5)6)32-62-49(37-21-11-8-12-22-37,38-23-13-9-14-24-38)39-25-15-10-16-26-39/h8-26,33,40-43H,27-32H2,1-7H3,(H,50,59)(H,51,55)(H,57,58)/t40?,41-,42+,43-/m0/s1. The fourth-order valence-corrected chi connectivity index (χ4v) is 10.0. The normalized spacial score (nSPS) is 15.4. The van der Waals surface area contributed by atoms with Gasteiger partial charge in [-0.3, -0.25) is 14.4 Å². The van der Waals surface area contributed by atoms with Crippen molar-refractivity contribution in [1.82, 2.24) is 20.4 Å². The van der Waals surface area contributed by atoms with Crippen molar-refractivity contribution in [3.8, 4) is 0 Å². The van der Waals surface area contributed by atoms with Gasteiger partial charge in [0, 0.05) is 32.2 Å². The SMILES string of the molecule is CSCC[C@H](NC(=O)[C@H]1Cc2ccccc2CN1C(=O)[C@H](C(C)C)N(CC(CSC(c1ccccc1)(c1ccccc1)c1ccccc1)NC(=O)OC(C)(C)C)C(C)=O)C(=O)O. The molecule has 1 heterocycles. The van der Waals surface area contributed by atoms with Gasteiger partial charge in [0.25, 0.3) is 0 Å². The number of benzene rings is 4. The number of fused-ring (bicyclic) bond motifs is 1. The van der Waals surface area contributed by atoms with Crippen LogP contribution < -0.4 is 10.6 Å². The van der Waals surface area contributed by atoms with E-state index < -0.39 is 64.3 Å². The van der Waals surface area contributed by atoms with Gasteiger partial charge < -0.3 is 30.3 Å². The number of carbonyl (C=O) groups is 5. The second kappa shape index (κ2) is 21.7. The highest BCUT2D eigenvalue weighted by molar-refractivity contribution is 8.00. The molecule has 13 heteroatoms. The number of amides is 4. The predicted octanol–water partition coefficient (Wildman–Crippen LogP) is 7.75. The number of alkyl carbamates (subject to hydrolysis) is 1. The minimum atomic E-state index is -1.15. The summed E-state index contributed by atoms with van der Waals surface area (Å²) in [4.78, 5) is 72.2. The second-order valence-corrected chi connectivity index (χ2v) is 19.1. The molecule has 1 unspecified atom stereocenters. The third-order valence-electron chi connectivity index (χ3n) is 10.9. The van der Waals surface area contributed by atoms with Crippen molar-refractivity contribution in [1.29, 1.82) is 0 Å². The van der Waals surface area contributed by atoms with Gasteiger partial charge in [-0.2, -0.15) is 11.8 Å². The molecule has 330 valence electrons. The van der Waals surface area contributed by atoms with Crippen LogP contribution in [0, 0.1) is 5.92 Å². The molecule has 0 bridgehead atoms. The maximum atomic E-state index is 15.2. The van der Waals surface area contributed by atoms with Crippen molar-refractivity contribution in [2.45, 2.75) is 95.4 Å². The van der Waals surface area contributed by atoms with E-state index in [1.165, 1.54) is 28.5 Å². The third kappa shape index (κ3) is 12.0. The van der Waals surface area contributed by atoms with E-state index in [0.717, 1.165) is 27.8 Å². The summed E-state index contributed by atoms with van der Waals surface area (Å²) in [5.41, 5.74) is 3.99. The number of nitrogens with one attached hydrogen (secondary N) is 2. The topological polar surface area (TPSA) is 145 Å². The summed E-state index contributed by atoms with van der Waals surface area (Å²) in [6.45, 7) is 10.5. The van der Waals surface area contributed by atoms with E-state index in [0.29, 0.717) is 5.75 Å². The zero-order chi connectivity index (χ0) is 45.0. The molecule has 1 aliphatic heterocycles. The lowest BCUT2D eigenvalue weighted by Gasteiger charge is -2.43. The number of rotatable bonds is 18. The summed E-state index contributed by atoms with van der Waals surface area (Å²) in [6, 6.07) is 34.1. The van der Waals surface area contributed by atoms with E-state index in [-0.39, 0.29) is 37.6 Å². The molecule has 0 fully saturated rings. The van der Waals surface area contributed by atoms with E-state index in [9.17, 15) is 24.3 Å². The van der Waals surface area contributed by atoms with Gasteiger partial charge in [0.1, 0.15) is 23.7 Å². The van der Waals surface area contributed by atoms with Crippen LogP contribution in [0.4, 0.5) is 4.79 Å². The van der Waals surface area contributed by atoms with Gasteiger partial charge in [0.05, 0.1) is 10.8 Å². The Morgan fingerprint density at radius 3 is 1.79 bits per heavy atom. The van der Waals surface area contributed by atoms with Crippen molar-refractivity contribution < 1.29 is 33.8 Å². The van der Waals surface area contributed by atoms with Gasteiger partial charge in [-0.15, -0.1) is 11.8 Å². The molecule has 3 N–H and O–H groups in total. The summed E-state index contributed by atoms with van der Waals surface area (Å²) in [5, 5.41) is 15.8. The average Bonchev–Trinajstić information content (AvgIpc) is 3.24. The van der Waals surface area contributed by atoms with Crippen LogP contribution in [0.3, 0.4) is 0 Å². The van der Waals surface area contributed by atoms with Gasteiger partial charge in [-0.25, -0.2) is 9.59 Å². The van der Waals surface area contributed by atoms with Gasteiger partial charge in [0.2, 0.25) is 17.7 Å². The van der Waals surface area contributed by atoms with E-state index >= 15 is 4.79 Å². The minimum absolute atomic E-state index is 0.0539. The van der Waals surface area contributed by atoms with Crippen molar-refractivity contribution in [3.05, 3.63) is 143 Å². The number of ether oxygens (including phenoxy) is 1. The molecule has 1 aliphatic rings. The van der Waals surface area contributed by atoms with Crippen LogP contribution in [-0.4, -0.2) is 98.8 Å². The second-order valence-electron chi connectivity index (χ2n) is 16.9. The number of carbonyl (C=O) groups excluding carboxylic acids is 4. The van der Waals surface area contributed by atoms with Crippen LogP contribution in [0.25, 0.3) is 0 Å². The molecular weight excluding hydrogens is 821 g/mol. The van der Waals surface area contributed by atoms with Gasteiger partial charge in [-0.1, -0.05) is 129 Å². The quantitative estimate of drug-likeness (QED) is 0.0855. The van der Waals surface area contributed by atoms with Crippen LogP contribution in [0.1, 0.15) is 75.8 Å². The van der Waals surface area contributed by atoms with E-state index in [2.05, 4.69) is 47.0 Å². The van der Waals surface area contributed by atoms with E-state index in [1.54, 1.807) is 32.5 Å². The number of carboxylic acid groups (broad SMARTS) is 1. The predicted molar refractivity (Wildman–Crippen MR) is 248 cm³/mol. The molecule has 5 rings (SSSR count). The smallest absolute Gasteiger partial charge is 0.407 e. The summed E-state index contributed by atoms with van der Waals surface area (Å²) in [6.07, 6.45) is 1.59. The summed E-state index contributed by atoms with van der Waals surface area (Å²) in [7, 11) is 0. The fraction of sp³-hybridized carbons (Fsp3) is 0.408. The van der Waals surface area contributed by atoms with Crippen LogP contribution >= 0.6 is 23.5 Å². The number of aliphatic carboxylic acids is 1. The molecule has 0 aromatic heterocycles. The molecule has 4 aromatic carbocycles.